The summed E-state index contributed by atoms with van der Waals surface area (Å²) in [6.07, 6.45) is 2.41. The third-order valence-corrected chi connectivity index (χ3v) is 5.15. The van der Waals surface area contributed by atoms with Crippen LogP contribution in [0.5, 0.6) is 0 Å². The van der Waals surface area contributed by atoms with Gasteiger partial charge in [-0.05, 0) is 35.3 Å². The van der Waals surface area contributed by atoms with Crippen molar-refractivity contribution in [1.29, 1.82) is 0 Å². The highest BCUT2D eigenvalue weighted by molar-refractivity contribution is 5.93. The van der Waals surface area contributed by atoms with Crippen molar-refractivity contribution in [2.24, 2.45) is 5.73 Å². The van der Waals surface area contributed by atoms with Crippen LogP contribution < -0.4 is 5.73 Å². The van der Waals surface area contributed by atoms with Crippen molar-refractivity contribution < 1.29 is 19.1 Å². The standard InChI is InChI=1S/C22H22N2O4/c23-21(25)17-8-6-16(7-9-17)18-10-19-13-27-14-20(11-18)24(19)22(26)28-12-15-4-2-1-3-5-15/h1-10,19-20H,11-14H2,(H2,23,25). The summed E-state index contributed by atoms with van der Waals surface area (Å²) in [6.45, 7) is 1.18. The maximum atomic E-state index is 12.7. The van der Waals surface area contributed by atoms with Gasteiger partial charge < -0.3 is 15.2 Å². The summed E-state index contributed by atoms with van der Waals surface area (Å²) in [6, 6.07) is 16.6. The lowest BCUT2D eigenvalue weighted by atomic mass is 9.90. The molecule has 0 aromatic heterocycles. The molecule has 6 heteroatoms. The van der Waals surface area contributed by atoms with Crippen molar-refractivity contribution >= 4 is 17.6 Å². The molecular weight excluding hydrogens is 356 g/mol. The Labute approximate surface area is 163 Å². The minimum absolute atomic E-state index is 0.0714. The van der Waals surface area contributed by atoms with Crippen LogP contribution in [0.3, 0.4) is 0 Å². The average Bonchev–Trinajstić information content (AvgIpc) is 2.72. The van der Waals surface area contributed by atoms with E-state index in [0.717, 1.165) is 16.7 Å². The van der Waals surface area contributed by atoms with Crippen LogP contribution in [0.1, 0.15) is 27.9 Å². The van der Waals surface area contributed by atoms with Gasteiger partial charge in [0.15, 0.2) is 0 Å². The zero-order chi connectivity index (χ0) is 19.5. The van der Waals surface area contributed by atoms with Gasteiger partial charge in [-0.2, -0.15) is 0 Å². The van der Waals surface area contributed by atoms with Crippen LogP contribution in [0, 0.1) is 0 Å². The van der Waals surface area contributed by atoms with Gasteiger partial charge in [0.25, 0.3) is 0 Å². The molecule has 2 atom stereocenters. The second kappa shape index (κ2) is 7.86. The van der Waals surface area contributed by atoms with Crippen LogP contribution in [-0.2, 0) is 16.1 Å². The average molecular weight is 378 g/mol. The predicted molar refractivity (Wildman–Crippen MR) is 104 cm³/mol. The van der Waals surface area contributed by atoms with Crippen LogP contribution in [0.4, 0.5) is 4.79 Å². The van der Waals surface area contributed by atoms with Gasteiger partial charge in [0, 0.05) is 5.56 Å². The van der Waals surface area contributed by atoms with Gasteiger partial charge in [-0.3, -0.25) is 9.69 Å². The molecule has 2 N–H and O–H groups in total. The van der Waals surface area contributed by atoms with Crippen molar-refractivity contribution in [3.8, 4) is 0 Å². The van der Waals surface area contributed by atoms with Crippen LogP contribution >= 0.6 is 0 Å². The number of primary amides is 1. The Kier molecular flexibility index (Phi) is 5.12. The third-order valence-electron chi connectivity index (χ3n) is 5.15. The summed E-state index contributed by atoms with van der Waals surface area (Å²) < 4.78 is 11.2. The van der Waals surface area contributed by atoms with Crippen molar-refractivity contribution in [3.63, 3.8) is 0 Å². The van der Waals surface area contributed by atoms with Crippen LogP contribution in [0.2, 0.25) is 0 Å². The van der Waals surface area contributed by atoms with Crippen LogP contribution in [0.25, 0.3) is 5.57 Å². The molecular formula is C22H22N2O4. The Morgan fingerprint density at radius 1 is 1.07 bits per heavy atom. The highest BCUT2D eigenvalue weighted by Crippen LogP contribution is 2.33. The molecule has 6 nitrogen and oxygen atoms in total. The van der Waals surface area contributed by atoms with E-state index in [1.165, 1.54) is 0 Å². The lowest BCUT2D eigenvalue weighted by Gasteiger charge is -2.43. The summed E-state index contributed by atoms with van der Waals surface area (Å²) in [7, 11) is 0. The van der Waals surface area contributed by atoms with Crippen LogP contribution in [0.15, 0.2) is 60.7 Å². The molecule has 2 bridgehead atoms. The van der Waals surface area contributed by atoms with Gasteiger partial charge in [0.05, 0.1) is 25.3 Å². The first-order valence-electron chi connectivity index (χ1n) is 9.29. The van der Waals surface area contributed by atoms with E-state index in [2.05, 4.69) is 6.08 Å². The lowest BCUT2D eigenvalue weighted by Crippen LogP contribution is -2.56. The van der Waals surface area contributed by atoms with Crippen molar-refractivity contribution in [1.82, 2.24) is 4.90 Å². The second-order valence-corrected chi connectivity index (χ2v) is 7.04. The molecule has 144 valence electrons. The predicted octanol–water partition coefficient (Wildman–Crippen LogP) is 2.98. The number of morpholine rings is 1. The largest absolute Gasteiger partial charge is 0.445 e. The molecule has 28 heavy (non-hydrogen) atoms. The van der Waals surface area contributed by atoms with Crippen LogP contribution in [-0.4, -0.2) is 42.2 Å². The monoisotopic (exact) mass is 378 g/mol. The number of rotatable bonds is 4. The molecule has 2 heterocycles. The van der Waals surface area contributed by atoms with Gasteiger partial charge in [0.2, 0.25) is 5.91 Å². The van der Waals surface area contributed by atoms with Crippen molar-refractivity contribution in [2.45, 2.75) is 25.1 Å². The first-order valence-corrected chi connectivity index (χ1v) is 9.29. The Bertz CT molecular complexity index is 893. The summed E-state index contributed by atoms with van der Waals surface area (Å²) in [4.78, 5) is 25.8. The van der Waals surface area contributed by atoms with E-state index >= 15 is 0 Å². The smallest absolute Gasteiger partial charge is 0.411 e. The van der Waals surface area contributed by atoms with E-state index in [4.69, 9.17) is 15.2 Å². The number of benzene rings is 2. The van der Waals surface area contributed by atoms with Crippen molar-refractivity contribution in [2.75, 3.05) is 13.2 Å². The van der Waals surface area contributed by atoms with Gasteiger partial charge in [-0.1, -0.05) is 48.5 Å². The molecule has 0 radical (unpaired) electrons. The topological polar surface area (TPSA) is 81.9 Å². The van der Waals surface area contributed by atoms with Gasteiger partial charge in [0.1, 0.15) is 6.61 Å². The number of hydrogen-bond acceptors (Lipinski definition) is 4. The SMILES string of the molecule is NC(=O)c1ccc(C2=CC3COCC(C2)N3C(=O)OCc2ccccc2)cc1. The summed E-state index contributed by atoms with van der Waals surface area (Å²) >= 11 is 0. The van der Waals surface area contributed by atoms with Gasteiger partial charge >= 0.3 is 6.09 Å². The van der Waals surface area contributed by atoms with E-state index in [0.29, 0.717) is 25.2 Å². The normalized spacial score (nSPS) is 21.0. The quantitative estimate of drug-likeness (QED) is 0.887. The van der Waals surface area contributed by atoms with E-state index < -0.39 is 5.91 Å². The summed E-state index contributed by atoms with van der Waals surface area (Å²) in [5.41, 5.74) is 8.92. The van der Waals surface area contributed by atoms with Gasteiger partial charge in [-0.25, -0.2) is 4.79 Å². The molecule has 2 amide bonds. The minimum Gasteiger partial charge on any atom is -0.445 e. The number of hydrogen-bond donors (Lipinski definition) is 1. The van der Waals surface area contributed by atoms with E-state index in [9.17, 15) is 9.59 Å². The maximum absolute atomic E-state index is 12.7. The molecule has 2 unspecified atom stereocenters. The van der Waals surface area contributed by atoms with Gasteiger partial charge in [-0.15, -0.1) is 0 Å². The molecule has 2 aliphatic rings. The van der Waals surface area contributed by atoms with Crippen molar-refractivity contribution in [3.05, 3.63) is 77.4 Å². The fourth-order valence-corrected chi connectivity index (χ4v) is 3.74. The Balaban J connectivity index is 1.49. The molecule has 1 fully saturated rings. The molecule has 2 aliphatic heterocycles. The zero-order valence-corrected chi connectivity index (χ0v) is 15.4. The Morgan fingerprint density at radius 3 is 2.50 bits per heavy atom. The zero-order valence-electron chi connectivity index (χ0n) is 15.4. The number of carbonyl (C=O) groups excluding carboxylic acids is 2. The number of fused-ring (bicyclic) bond motifs is 2. The summed E-state index contributed by atoms with van der Waals surface area (Å²) in [5.74, 6) is -0.443. The fourth-order valence-electron chi connectivity index (χ4n) is 3.74. The fraction of sp³-hybridized carbons (Fsp3) is 0.273. The minimum atomic E-state index is -0.443. The molecule has 0 spiro atoms. The highest BCUT2D eigenvalue weighted by atomic mass is 16.6. The molecule has 1 saturated heterocycles. The lowest BCUT2D eigenvalue weighted by molar-refractivity contribution is -0.0342. The number of carbonyl (C=O) groups is 2. The van der Waals surface area contributed by atoms with E-state index in [1.807, 2.05) is 42.5 Å². The number of amides is 2. The highest BCUT2D eigenvalue weighted by Gasteiger charge is 2.39. The molecule has 4 rings (SSSR count). The maximum Gasteiger partial charge on any atom is 0.411 e. The Morgan fingerprint density at radius 2 is 1.82 bits per heavy atom. The Hall–Kier alpha value is -3.12. The molecule has 2 aromatic carbocycles. The summed E-state index contributed by atoms with van der Waals surface area (Å²) in [5, 5.41) is 0. The molecule has 0 saturated carbocycles. The first kappa shape index (κ1) is 18.3. The third kappa shape index (κ3) is 3.77. The number of ether oxygens (including phenoxy) is 2. The van der Waals surface area contributed by atoms with E-state index in [1.54, 1.807) is 17.0 Å². The molecule has 2 aromatic rings. The number of nitrogens with two attached hydrogens (primary N) is 1. The second-order valence-electron chi connectivity index (χ2n) is 7.04. The number of nitrogens with zero attached hydrogens (tertiary/aromatic N) is 1. The molecule has 0 aliphatic carbocycles. The first-order chi connectivity index (χ1) is 13.6. The van der Waals surface area contributed by atoms with E-state index in [-0.39, 0.29) is 24.8 Å².